The quantitative estimate of drug-likeness (QED) is 0.878. The van der Waals surface area contributed by atoms with Crippen LogP contribution in [0.2, 0.25) is 0 Å². The first-order chi connectivity index (χ1) is 11.6. The Kier molecular flexibility index (Phi) is 2.97. The molecule has 1 aromatic carbocycles. The fourth-order valence-corrected chi connectivity index (χ4v) is 5.79. The lowest BCUT2D eigenvalue weighted by Crippen LogP contribution is -2.59. The smallest absolute Gasteiger partial charge is 0.262 e. The van der Waals surface area contributed by atoms with Gasteiger partial charge in [-0.05, 0) is 74.5 Å². The summed E-state index contributed by atoms with van der Waals surface area (Å²) in [5, 5.41) is 6.13. The molecule has 126 valence electrons. The summed E-state index contributed by atoms with van der Waals surface area (Å²) in [6.45, 7) is 0.00699. The molecule has 4 aliphatic carbocycles. The second-order valence-corrected chi connectivity index (χ2v) is 8.20. The highest BCUT2D eigenvalue weighted by Gasteiger charge is 2.51. The molecule has 6 rings (SSSR count). The highest BCUT2D eigenvalue weighted by atomic mass is 16.5. The van der Waals surface area contributed by atoms with Crippen LogP contribution in [0.3, 0.4) is 0 Å². The van der Waals surface area contributed by atoms with Crippen LogP contribution >= 0.6 is 0 Å². The Morgan fingerprint density at radius 1 is 1.12 bits per heavy atom. The fraction of sp³-hybridized carbons (Fsp3) is 0.579. The van der Waals surface area contributed by atoms with Crippen molar-refractivity contribution >= 4 is 17.5 Å². The van der Waals surface area contributed by atoms with Crippen LogP contribution in [0.25, 0.3) is 0 Å². The molecule has 1 aliphatic heterocycles. The van der Waals surface area contributed by atoms with E-state index in [0.29, 0.717) is 17.0 Å². The number of benzene rings is 1. The molecule has 0 saturated heterocycles. The summed E-state index contributed by atoms with van der Waals surface area (Å²) in [6, 6.07) is 5.26. The first-order valence-corrected chi connectivity index (χ1v) is 8.98. The third kappa shape index (κ3) is 2.29. The Hall–Kier alpha value is -2.04. The van der Waals surface area contributed by atoms with Crippen LogP contribution < -0.4 is 15.4 Å². The van der Waals surface area contributed by atoms with Gasteiger partial charge in [-0.3, -0.25) is 9.59 Å². The van der Waals surface area contributed by atoms with Crippen LogP contribution in [0.4, 0.5) is 5.69 Å². The molecule has 1 aromatic rings. The van der Waals surface area contributed by atoms with Gasteiger partial charge in [0.15, 0.2) is 6.61 Å². The molecule has 1 heterocycles. The molecule has 0 aromatic heterocycles. The fourth-order valence-electron chi connectivity index (χ4n) is 5.79. The molecule has 0 atom stereocenters. The summed E-state index contributed by atoms with van der Waals surface area (Å²) < 4.78 is 5.43. The predicted molar refractivity (Wildman–Crippen MR) is 88.9 cm³/mol. The summed E-state index contributed by atoms with van der Waals surface area (Å²) in [6.07, 6.45) is 7.51. The monoisotopic (exact) mass is 326 g/mol. The summed E-state index contributed by atoms with van der Waals surface area (Å²) in [5.41, 5.74) is 1.26. The van der Waals surface area contributed by atoms with E-state index in [0.717, 1.165) is 37.0 Å². The van der Waals surface area contributed by atoms with Gasteiger partial charge in [0, 0.05) is 11.1 Å². The highest BCUT2D eigenvalue weighted by Crippen LogP contribution is 2.55. The summed E-state index contributed by atoms with van der Waals surface area (Å²) in [5.74, 6) is 2.82. The van der Waals surface area contributed by atoms with Crippen molar-refractivity contribution in [3.8, 4) is 5.75 Å². The molecule has 5 nitrogen and oxygen atoms in total. The van der Waals surface area contributed by atoms with E-state index in [9.17, 15) is 9.59 Å². The van der Waals surface area contributed by atoms with Gasteiger partial charge >= 0.3 is 0 Å². The van der Waals surface area contributed by atoms with E-state index in [1.807, 2.05) is 0 Å². The SMILES string of the molecule is O=C1COc2cc(C(=O)NC34CC5CC(CC(C5)C3)C4)ccc2N1. The first kappa shape index (κ1) is 14.3. The lowest BCUT2D eigenvalue weighted by Gasteiger charge is -2.56. The molecule has 5 heteroatoms. The molecule has 24 heavy (non-hydrogen) atoms. The maximum absolute atomic E-state index is 12.8. The molecule has 2 amide bonds. The lowest BCUT2D eigenvalue weighted by atomic mass is 9.53. The molecule has 4 fully saturated rings. The van der Waals surface area contributed by atoms with Crippen molar-refractivity contribution in [3.63, 3.8) is 0 Å². The largest absolute Gasteiger partial charge is 0.482 e. The van der Waals surface area contributed by atoms with Crippen LogP contribution in [0.15, 0.2) is 18.2 Å². The molecule has 4 bridgehead atoms. The average Bonchev–Trinajstić information content (AvgIpc) is 2.52. The molecule has 0 unspecified atom stereocenters. The van der Waals surface area contributed by atoms with Crippen molar-refractivity contribution in [1.29, 1.82) is 0 Å². The summed E-state index contributed by atoms with van der Waals surface area (Å²) >= 11 is 0. The number of hydrogen-bond donors (Lipinski definition) is 2. The van der Waals surface area contributed by atoms with Crippen LogP contribution in [0.1, 0.15) is 48.9 Å². The van der Waals surface area contributed by atoms with Crippen LogP contribution in [-0.4, -0.2) is 24.0 Å². The highest BCUT2D eigenvalue weighted by molar-refractivity contribution is 5.99. The number of rotatable bonds is 2. The minimum atomic E-state index is -0.159. The van der Waals surface area contributed by atoms with Crippen molar-refractivity contribution in [2.24, 2.45) is 17.8 Å². The zero-order valence-electron chi connectivity index (χ0n) is 13.6. The Bertz CT molecular complexity index is 692. The summed E-state index contributed by atoms with van der Waals surface area (Å²) in [7, 11) is 0. The van der Waals surface area contributed by atoms with E-state index in [-0.39, 0.29) is 24.0 Å². The first-order valence-electron chi connectivity index (χ1n) is 8.98. The van der Waals surface area contributed by atoms with Gasteiger partial charge in [0.1, 0.15) is 5.75 Å². The summed E-state index contributed by atoms with van der Waals surface area (Å²) in [4.78, 5) is 24.2. The van der Waals surface area contributed by atoms with Gasteiger partial charge in [-0.15, -0.1) is 0 Å². The van der Waals surface area contributed by atoms with Crippen LogP contribution in [0, 0.1) is 17.8 Å². The minimum Gasteiger partial charge on any atom is -0.482 e. The van der Waals surface area contributed by atoms with E-state index >= 15 is 0 Å². The maximum atomic E-state index is 12.8. The number of anilines is 1. The topological polar surface area (TPSA) is 67.4 Å². The number of fused-ring (bicyclic) bond motifs is 1. The Morgan fingerprint density at radius 3 is 2.46 bits per heavy atom. The van der Waals surface area contributed by atoms with Crippen molar-refractivity contribution in [2.75, 3.05) is 11.9 Å². The number of hydrogen-bond acceptors (Lipinski definition) is 3. The van der Waals surface area contributed by atoms with Gasteiger partial charge in [-0.1, -0.05) is 0 Å². The Labute approximate surface area is 141 Å². The van der Waals surface area contributed by atoms with Gasteiger partial charge < -0.3 is 15.4 Å². The van der Waals surface area contributed by atoms with Crippen molar-refractivity contribution < 1.29 is 14.3 Å². The number of ether oxygens (including phenoxy) is 1. The molecular formula is C19H22N2O3. The van der Waals surface area contributed by atoms with E-state index in [1.165, 1.54) is 19.3 Å². The Balaban J connectivity index is 1.37. The van der Waals surface area contributed by atoms with Crippen molar-refractivity contribution in [1.82, 2.24) is 5.32 Å². The van der Waals surface area contributed by atoms with E-state index in [1.54, 1.807) is 18.2 Å². The van der Waals surface area contributed by atoms with Gasteiger partial charge in [-0.2, -0.15) is 0 Å². The maximum Gasteiger partial charge on any atom is 0.262 e. The Morgan fingerprint density at radius 2 is 1.79 bits per heavy atom. The zero-order valence-corrected chi connectivity index (χ0v) is 13.6. The molecule has 4 saturated carbocycles. The third-order valence-corrected chi connectivity index (χ3v) is 6.29. The standard InChI is InChI=1S/C19H22N2O3/c22-17-10-24-16-6-14(1-2-15(16)20-17)18(23)21-19-7-11-3-12(8-19)5-13(4-11)9-19/h1-2,6,11-13H,3-5,7-10H2,(H,20,22)(H,21,23). The lowest BCUT2D eigenvalue weighted by molar-refractivity contribution is -0.118. The number of amides is 2. The average molecular weight is 326 g/mol. The van der Waals surface area contributed by atoms with Crippen LogP contribution in [-0.2, 0) is 4.79 Å². The van der Waals surface area contributed by atoms with Gasteiger partial charge in [0.05, 0.1) is 5.69 Å². The van der Waals surface area contributed by atoms with Gasteiger partial charge in [-0.25, -0.2) is 0 Å². The van der Waals surface area contributed by atoms with E-state index in [2.05, 4.69) is 10.6 Å². The van der Waals surface area contributed by atoms with E-state index in [4.69, 9.17) is 4.74 Å². The van der Waals surface area contributed by atoms with Gasteiger partial charge in [0.2, 0.25) is 0 Å². The van der Waals surface area contributed by atoms with E-state index < -0.39 is 0 Å². The van der Waals surface area contributed by atoms with Crippen LogP contribution in [0.5, 0.6) is 5.75 Å². The third-order valence-electron chi connectivity index (χ3n) is 6.29. The molecule has 5 aliphatic rings. The van der Waals surface area contributed by atoms with Crippen molar-refractivity contribution in [2.45, 2.75) is 44.1 Å². The second-order valence-electron chi connectivity index (χ2n) is 8.20. The van der Waals surface area contributed by atoms with Crippen molar-refractivity contribution in [3.05, 3.63) is 23.8 Å². The normalized spacial score (nSPS) is 35.8. The molecular weight excluding hydrogens is 304 g/mol. The number of carbonyl (C=O) groups is 2. The zero-order chi connectivity index (χ0) is 16.3. The molecule has 0 spiro atoms. The van der Waals surface area contributed by atoms with Gasteiger partial charge in [0.25, 0.3) is 11.8 Å². The minimum absolute atomic E-state index is 0.00699. The number of nitrogens with one attached hydrogen (secondary N) is 2. The molecule has 0 radical (unpaired) electrons. The molecule has 2 N–H and O–H groups in total. The second kappa shape index (κ2) is 4.98. The predicted octanol–water partition coefficient (Wildman–Crippen LogP) is 2.72. The number of carbonyl (C=O) groups excluding carboxylic acids is 2.